The Hall–Kier alpha value is -0.870. The highest BCUT2D eigenvalue weighted by molar-refractivity contribution is 5.76. The minimum Gasteiger partial charge on any atom is -0.393 e. The van der Waals surface area contributed by atoms with Crippen LogP contribution in [0.15, 0.2) is 11.6 Å². The van der Waals surface area contributed by atoms with Crippen molar-refractivity contribution in [3.05, 3.63) is 11.6 Å². The van der Waals surface area contributed by atoms with Crippen molar-refractivity contribution in [1.82, 2.24) is 0 Å². The van der Waals surface area contributed by atoms with Crippen molar-refractivity contribution >= 4 is 5.91 Å². The molecular weight excluding hydrogens is 420 g/mol. The summed E-state index contributed by atoms with van der Waals surface area (Å²) in [6.07, 6.45) is 16.6. The molecule has 10 atom stereocenters. The molecule has 194 valence electrons. The minimum atomic E-state index is -0.181. The Morgan fingerprint density at radius 3 is 2.56 bits per heavy atom. The number of aliphatic hydroxyl groups excluding tert-OH is 1. The van der Waals surface area contributed by atoms with E-state index >= 15 is 0 Å². The van der Waals surface area contributed by atoms with E-state index in [0.717, 1.165) is 48.9 Å². The zero-order chi connectivity index (χ0) is 24.7. The monoisotopic (exact) mass is 472 g/mol. The first-order chi connectivity index (χ1) is 16.1. The zero-order valence-corrected chi connectivity index (χ0v) is 22.4. The lowest BCUT2D eigenvalue weighted by atomic mass is 9.47. The third kappa shape index (κ3) is 4.63. The summed E-state index contributed by atoms with van der Waals surface area (Å²) in [7, 11) is 0. The molecule has 5 N–H and O–H groups in total. The molecule has 0 aromatic rings. The molecule has 4 rings (SSSR count). The number of rotatable bonds is 9. The maximum atomic E-state index is 11.8. The van der Waals surface area contributed by atoms with Gasteiger partial charge in [-0.15, -0.1) is 0 Å². The highest BCUT2D eigenvalue weighted by Crippen LogP contribution is 2.67. The van der Waals surface area contributed by atoms with Gasteiger partial charge in [-0.1, -0.05) is 52.2 Å². The summed E-state index contributed by atoms with van der Waals surface area (Å²) in [5.74, 6) is 4.17. The second-order valence-corrected chi connectivity index (χ2v) is 13.4. The predicted octanol–water partition coefficient (Wildman–Crippen LogP) is 5.82. The van der Waals surface area contributed by atoms with Crippen molar-refractivity contribution in [3.8, 4) is 0 Å². The number of nitrogens with two attached hydrogens (primary N) is 2. The third-order valence-electron chi connectivity index (χ3n) is 11.7. The molecule has 3 saturated carbocycles. The molecule has 4 nitrogen and oxygen atoms in total. The summed E-state index contributed by atoms with van der Waals surface area (Å²) in [4.78, 5) is 11.8. The molecule has 0 bridgehead atoms. The quantitative estimate of drug-likeness (QED) is 0.369. The number of primary amides is 1. The van der Waals surface area contributed by atoms with Crippen LogP contribution in [0, 0.1) is 52.3 Å². The molecule has 4 aliphatic rings. The van der Waals surface area contributed by atoms with Gasteiger partial charge in [0, 0.05) is 5.92 Å². The second-order valence-electron chi connectivity index (χ2n) is 13.4. The van der Waals surface area contributed by atoms with Crippen molar-refractivity contribution in [3.63, 3.8) is 0 Å². The molecule has 0 aromatic heterocycles. The first kappa shape index (κ1) is 26.2. The number of hydrogen-bond donors (Lipinski definition) is 3. The highest BCUT2D eigenvalue weighted by Gasteiger charge is 2.59. The highest BCUT2D eigenvalue weighted by atomic mass is 16.3. The van der Waals surface area contributed by atoms with Gasteiger partial charge in [0.2, 0.25) is 5.91 Å². The van der Waals surface area contributed by atoms with E-state index in [4.69, 9.17) is 11.5 Å². The molecule has 3 fully saturated rings. The van der Waals surface area contributed by atoms with E-state index in [1.807, 2.05) is 0 Å². The fourth-order valence-corrected chi connectivity index (χ4v) is 9.67. The van der Waals surface area contributed by atoms with Crippen molar-refractivity contribution in [2.75, 3.05) is 6.54 Å². The summed E-state index contributed by atoms with van der Waals surface area (Å²) >= 11 is 0. The van der Waals surface area contributed by atoms with Gasteiger partial charge in [-0.05, 0) is 117 Å². The Kier molecular flexibility index (Phi) is 7.89. The smallest absolute Gasteiger partial charge is 0.220 e. The molecule has 0 saturated heterocycles. The van der Waals surface area contributed by atoms with E-state index < -0.39 is 0 Å². The largest absolute Gasteiger partial charge is 0.393 e. The molecule has 0 aromatic carbocycles. The number of allylic oxidation sites excluding steroid dienone is 1. The van der Waals surface area contributed by atoms with Crippen molar-refractivity contribution in [2.45, 2.75) is 111 Å². The Bertz CT molecular complexity index is 765. The second kappa shape index (κ2) is 10.2. The Labute approximate surface area is 208 Å². The number of aliphatic hydroxyl groups is 1. The molecule has 1 amide bonds. The maximum absolute atomic E-state index is 11.8. The Morgan fingerprint density at radius 2 is 1.85 bits per heavy atom. The lowest BCUT2D eigenvalue weighted by Gasteiger charge is -2.58. The lowest BCUT2D eigenvalue weighted by Crippen LogP contribution is -2.50. The summed E-state index contributed by atoms with van der Waals surface area (Å²) in [5.41, 5.74) is 13.8. The van der Waals surface area contributed by atoms with E-state index in [1.165, 1.54) is 51.4 Å². The van der Waals surface area contributed by atoms with Crippen LogP contribution in [0.3, 0.4) is 0 Å². The number of carbonyl (C=O) groups excluding carboxylic acids is 1. The summed E-state index contributed by atoms with van der Waals surface area (Å²) < 4.78 is 0. The first-order valence-electron chi connectivity index (χ1n) is 14.5. The summed E-state index contributed by atoms with van der Waals surface area (Å²) in [6.45, 7) is 10.4. The number of carbonyl (C=O) groups is 1. The lowest BCUT2D eigenvalue weighted by molar-refractivity contribution is -0.123. The normalized spacial score (nSPS) is 42.1. The maximum Gasteiger partial charge on any atom is 0.220 e. The molecule has 0 radical (unpaired) electrons. The van der Waals surface area contributed by atoms with Gasteiger partial charge in [-0.2, -0.15) is 0 Å². The van der Waals surface area contributed by atoms with Crippen LogP contribution in [0.4, 0.5) is 0 Å². The average molecular weight is 473 g/mol. The van der Waals surface area contributed by atoms with Crippen LogP contribution in [-0.4, -0.2) is 23.7 Å². The van der Waals surface area contributed by atoms with Crippen molar-refractivity contribution in [2.24, 2.45) is 63.7 Å². The molecule has 0 spiro atoms. The van der Waals surface area contributed by atoms with Crippen LogP contribution in [-0.2, 0) is 4.79 Å². The van der Waals surface area contributed by atoms with Crippen LogP contribution in [0.5, 0.6) is 0 Å². The first-order valence-corrected chi connectivity index (χ1v) is 14.5. The molecule has 34 heavy (non-hydrogen) atoms. The molecule has 2 unspecified atom stereocenters. The summed E-state index contributed by atoms with van der Waals surface area (Å²) in [6, 6.07) is 0. The topological polar surface area (TPSA) is 89.3 Å². The average Bonchev–Trinajstić information content (AvgIpc) is 3.14. The van der Waals surface area contributed by atoms with E-state index in [9.17, 15) is 9.90 Å². The summed E-state index contributed by atoms with van der Waals surface area (Å²) in [5, 5.41) is 10.3. The van der Waals surface area contributed by atoms with Crippen LogP contribution in [0.2, 0.25) is 0 Å². The molecule has 0 heterocycles. The Morgan fingerprint density at radius 1 is 1.09 bits per heavy atom. The fourth-order valence-electron chi connectivity index (χ4n) is 9.67. The zero-order valence-electron chi connectivity index (χ0n) is 22.4. The van der Waals surface area contributed by atoms with Gasteiger partial charge in [0.05, 0.1) is 6.10 Å². The van der Waals surface area contributed by atoms with E-state index in [1.54, 1.807) is 5.57 Å². The van der Waals surface area contributed by atoms with Crippen LogP contribution < -0.4 is 11.5 Å². The van der Waals surface area contributed by atoms with Crippen LogP contribution in [0.25, 0.3) is 0 Å². The molecule has 4 aliphatic carbocycles. The van der Waals surface area contributed by atoms with Gasteiger partial charge in [0.15, 0.2) is 0 Å². The van der Waals surface area contributed by atoms with Crippen molar-refractivity contribution < 1.29 is 9.90 Å². The molecular formula is C30H52N2O2. The van der Waals surface area contributed by atoms with E-state index in [0.29, 0.717) is 29.7 Å². The minimum absolute atomic E-state index is 0.0736. The van der Waals surface area contributed by atoms with Gasteiger partial charge < -0.3 is 16.6 Å². The van der Waals surface area contributed by atoms with Gasteiger partial charge in [0.25, 0.3) is 0 Å². The predicted molar refractivity (Wildman–Crippen MR) is 140 cm³/mol. The number of fused-ring (bicyclic) bond motifs is 5. The van der Waals surface area contributed by atoms with Gasteiger partial charge >= 0.3 is 0 Å². The number of amides is 1. The SMILES string of the molecule is CC(CCC[C@@H](C)[C@H]1CC[C@H]2[C@@H]3CC=C4C[C@@H](O)CC[C@]4(C)[C@H]3CC[C@]12C)C(CCN)C(N)=O. The van der Waals surface area contributed by atoms with Crippen LogP contribution in [0.1, 0.15) is 105 Å². The third-order valence-corrected chi connectivity index (χ3v) is 11.7. The fraction of sp³-hybridized carbons (Fsp3) is 0.900. The number of hydrogen-bond acceptors (Lipinski definition) is 3. The molecule has 4 heteroatoms. The van der Waals surface area contributed by atoms with Crippen LogP contribution >= 0.6 is 0 Å². The van der Waals surface area contributed by atoms with E-state index in [-0.39, 0.29) is 17.9 Å². The standard InChI is InChI=1S/C30H52N2O2/c1-19(23(14-17-31)28(32)34)6-5-7-20(2)25-10-11-26-24-9-8-21-18-22(33)12-15-29(21,3)27(24)13-16-30(25,26)4/h8,19-20,22-27,33H,5-7,9-18,31H2,1-4H3,(H2,32,34)/t19?,20-,22+,23?,24+,25-,26+,27+,29+,30-/m1/s1. The van der Waals surface area contributed by atoms with Gasteiger partial charge in [-0.25, -0.2) is 0 Å². The molecule has 0 aliphatic heterocycles. The van der Waals surface area contributed by atoms with Gasteiger partial charge in [0.1, 0.15) is 0 Å². The van der Waals surface area contributed by atoms with E-state index in [2.05, 4.69) is 33.8 Å². The van der Waals surface area contributed by atoms with Crippen molar-refractivity contribution in [1.29, 1.82) is 0 Å². The van der Waals surface area contributed by atoms with Gasteiger partial charge in [-0.3, -0.25) is 4.79 Å². The Balaban J connectivity index is 1.37.